The molecule has 0 amide bonds. The summed E-state index contributed by atoms with van der Waals surface area (Å²) in [6.45, 7) is 2.16. The zero-order chi connectivity index (χ0) is 18.0. The lowest BCUT2D eigenvalue weighted by Crippen LogP contribution is -2.38. The van der Waals surface area contributed by atoms with Gasteiger partial charge in [0.25, 0.3) is 0 Å². The molecular weight excluding hydrogens is 343 g/mol. The molecule has 2 aromatic rings. The van der Waals surface area contributed by atoms with Crippen molar-refractivity contribution in [1.29, 1.82) is 0 Å². The molecule has 3 rings (SSSR count). The topological polar surface area (TPSA) is 52.3 Å². The minimum Gasteiger partial charge on any atom is -0.469 e. The van der Waals surface area contributed by atoms with E-state index in [9.17, 15) is 9.18 Å². The van der Waals surface area contributed by atoms with Crippen LogP contribution in [0.4, 0.5) is 4.39 Å². The minimum absolute atomic E-state index is 0.0206. The monoisotopic (exact) mass is 364 g/mol. The number of hydrogen-bond acceptors (Lipinski definition) is 5. The highest BCUT2D eigenvalue weighted by atomic mass is 32.1. The number of esters is 1. The Morgan fingerprint density at radius 3 is 2.56 bits per heavy atom. The maximum absolute atomic E-state index is 13.1. The van der Waals surface area contributed by atoms with Crippen LogP contribution in [0.1, 0.15) is 12.8 Å². The van der Waals surface area contributed by atoms with Crippen LogP contribution >= 0.6 is 12.2 Å². The summed E-state index contributed by atoms with van der Waals surface area (Å²) in [5.74, 6) is 0.271. The predicted octanol–water partition coefficient (Wildman–Crippen LogP) is 2.60. The number of rotatable bonds is 4. The third-order valence-corrected chi connectivity index (χ3v) is 5.08. The number of piperidine rings is 1. The Labute approximate surface area is 150 Å². The van der Waals surface area contributed by atoms with Crippen molar-refractivity contribution in [2.75, 3.05) is 20.2 Å². The van der Waals surface area contributed by atoms with E-state index in [0.717, 1.165) is 31.5 Å². The summed E-state index contributed by atoms with van der Waals surface area (Å²) in [5, 5.41) is 4.59. The second-order valence-corrected chi connectivity index (χ2v) is 6.59. The van der Waals surface area contributed by atoms with Gasteiger partial charge in [-0.2, -0.15) is 5.10 Å². The molecule has 0 N–H and O–H groups in total. The van der Waals surface area contributed by atoms with Crippen LogP contribution in [0.3, 0.4) is 0 Å². The van der Waals surface area contributed by atoms with Crippen LogP contribution in [0.2, 0.25) is 0 Å². The van der Waals surface area contributed by atoms with Crippen molar-refractivity contribution in [3.8, 4) is 11.4 Å². The first kappa shape index (κ1) is 17.8. The van der Waals surface area contributed by atoms with Crippen molar-refractivity contribution < 1.29 is 13.9 Å². The molecule has 1 saturated heterocycles. The summed E-state index contributed by atoms with van der Waals surface area (Å²) in [6.07, 6.45) is 1.55. The zero-order valence-corrected chi connectivity index (χ0v) is 15.1. The highest BCUT2D eigenvalue weighted by Crippen LogP contribution is 2.21. The van der Waals surface area contributed by atoms with Gasteiger partial charge >= 0.3 is 5.97 Å². The van der Waals surface area contributed by atoms with Gasteiger partial charge in [-0.05, 0) is 49.3 Å². The largest absolute Gasteiger partial charge is 0.469 e. The van der Waals surface area contributed by atoms with Crippen molar-refractivity contribution in [1.82, 2.24) is 19.2 Å². The van der Waals surface area contributed by atoms with Gasteiger partial charge in [0.1, 0.15) is 5.82 Å². The van der Waals surface area contributed by atoms with Crippen molar-refractivity contribution in [2.24, 2.45) is 13.0 Å². The summed E-state index contributed by atoms with van der Waals surface area (Å²) in [5.41, 5.74) is 0.818. The van der Waals surface area contributed by atoms with Gasteiger partial charge in [0.05, 0.1) is 19.7 Å². The Balaban J connectivity index is 1.72. The molecule has 1 aliphatic rings. The van der Waals surface area contributed by atoms with Gasteiger partial charge in [0, 0.05) is 25.7 Å². The first-order valence-corrected chi connectivity index (χ1v) is 8.60. The number of aromatic nitrogens is 3. The molecular formula is C17H21FN4O2S. The first-order valence-electron chi connectivity index (χ1n) is 8.19. The smallest absolute Gasteiger partial charge is 0.308 e. The molecule has 1 aliphatic heterocycles. The SMILES string of the molecule is COC(=O)C1CCN(Cn2nc(-c3ccc(F)cc3)n(C)c2=S)CC1. The average molecular weight is 364 g/mol. The van der Waals surface area contributed by atoms with Crippen LogP contribution in [0, 0.1) is 16.5 Å². The number of carbonyl (C=O) groups is 1. The average Bonchev–Trinajstić information content (AvgIpc) is 2.91. The molecule has 1 fully saturated rings. The number of hydrogen-bond donors (Lipinski definition) is 0. The fourth-order valence-corrected chi connectivity index (χ4v) is 3.28. The maximum Gasteiger partial charge on any atom is 0.308 e. The number of likely N-dealkylation sites (tertiary alicyclic amines) is 1. The third kappa shape index (κ3) is 3.80. The van der Waals surface area contributed by atoms with Gasteiger partial charge in [0.15, 0.2) is 10.6 Å². The summed E-state index contributed by atoms with van der Waals surface area (Å²) in [6, 6.07) is 6.21. The first-order chi connectivity index (χ1) is 12.0. The van der Waals surface area contributed by atoms with Crippen LogP contribution in [-0.4, -0.2) is 45.4 Å². The van der Waals surface area contributed by atoms with Crippen LogP contribution in [0.5, 0.6) is 0 Å². The fourth-order valence-electron chi connectivity index (χ4n) is 3.10. The van der Waals surface area contributed by atoms with Crippen LogP contribution in [-0.2, 0) is 23.2 Å². The predicted molar refractivity (Wildman–Crippen MR) is 93.7 cm³/mol. The molecule has 2 heterocycles. The molecule has 0 bridgehead atoms. The standard InChI is InChI=1S/C17H21FN4O2S/c1-20-15(12-3-5-14(18)6-4-12)19-22(17(20)25)11-21-9-7-13(8-10-21)16(23)24-2/h3-6,13H,7-11H2,1-2H3. The summed E-state index contributed by atoms with van der Waals surface area (Å²) in [4.78, 5) is 13.8. The van der Waals surface area contributed by atoms with Crippen LogP contribution in [0.15, 0.2) is 24.3 Å². The highest BCUT2D eigenvalue weighted by molar-refractivity contribution is 7.71. The van der Waals surface area contributed by atoms with E-state index >= 15 is 0 Å². The maximum atomic E-state index is 13.1. The molecule has 6 nitrogen and oxygen atoms in total. The second kappa shape index (κ2) is 7.45. The lowest BCUT2D eigenvalue weighted by atomic mass is 9.97. The molecule has 1 aromatic heterocycles. The second-order valence-electron chi connectivity index (χ2n) is 6.23. The number of nitrogens with zero attached hydrogens (tertiary/aromatic N) is 4. The Morgan fingerprint density at radius 1 is 1.32 bits per heavy atom. The molecule has 25 heavy (non-hydrogen) atoms. The number of carbonyl (C=O) groups excluding carboxylic acids is 1. The molecule has 0 aliphatic carbocycles. The third-order valence-electron chi connectivity index (χ3n) is 4.60. The molecule has 134 valence electrons. The van der Waals surface area contributed by atoms with Crippen molar-refractivity contribution in [3.63, 3.8) is 0 Å². The minimum atomic E-state index is -0.280. The number of methoxy groups -OCH3 is 1. The van der Waals surface area contributed by atoms with E-state index in [-0.39, 0.29) is 17.7 Å². The van der Waals surface area contributed by atoms with Gasteiger partial charge in [-0.1, -0.05) is 0 Å². The van der Waals surface area contributed by atoms with Crippen LogP contribution in [0.25, 0.3) is 11.4 Å². The van der Waals surface area contributed by atoms with Gasteiger partial charge in [-0.25, -0.2) is 9.07 Å². The molecule has 0 unspecified atom stereocenters. The Morgan fingerprint density at radius 2 is 1.96 bits per heavy atom. The van der Waals surface area contributed by atoms with Gasteiger partial charge in [-0.15, -0.1) is 0 Å². The quantitative estimate of drug-likeness (QED) is 0.617. The summed E-state index contributed by atoms with van der Waals surface area (Å²) in [7, 11) is 3.28. The molecule has 0 spiro atoms. The van der Waals surface area contributed by atoms with Gasteiger partial charge in [-0.3, -0.25) is 9.69 Å². The van der Waals surface area contributed by atoms with E-state index in [2.05, 4.69) is 10.00 Å². The van der Waals surface area contributed by atoms with E-state index < -0.39 is 0 Å². The Bertz CT molecular complexity index is 807. The van der Waals surface area contributed by atoms with Gasteiger partial charge < -0.3 is 9.30 Å². The number of benzene rings is 1. The lowest BCUT2D eigenvalue weighted by Gasteiger charge is -2.30. The lowest BCUT2D eigenvalue weighted by molar-refractivity contribution is -0.147. The van der Waals surface area contributed by atoms with Crippen LogP contribution < -0.4 is 0 Å². The molecule has 0 saturated carbocycles. The molecule has 0 radical (unpaired) electrons. The number of ether oxygens (including phenoxy) is 1. The van der Waals surface area contributed by atoms with Crippen molar-refractivity contribution >= 4 is 18.2 Å². The fraction of sp³-hybridized carbons (Fsp3) is 0.471. The summed E-state index contributed by atoms with van der Waals surface area (Å²) >= 11 is 5.48. The highest BCUT2D eigenvalue weighted by Gasteiger charge is 2.26. The van der Waals surface area contributed by atoms with E-state index in [0.29, 0.717) is 17.3 Å². The van der Waals surface area contributed by atoms with E-state index in [4.69, 9.17) is 17.0 Å². The molecule has 1 aromatic carbocycles. The zero-order valence-electron chi connectivity index (χ0n) is 14.3. The normalized spacial score (nSPS) is 16.1. The Hall–Kier alpha value is -2.06. The van der Waals surface area contributed by atoms with Gasteiger partial charge in [0.2, 0.25) is 0 Å². The van der Waals surface area contributed by atoms with Crippen molar-refractivity contribution in [3.05, 3.63) is 34.9 Å². The number of halogens is 1. The molecule has 8 heteroatoms. The van der Waals surface area contributed by atoms with E-state index in [1.165, 1.54) is 19.2 Å². The Kier molecular flexibility index (Phi) is 5.29. The molecule has 0 atom stereocenters. The van der Waals surface area contributed by atoms with E-state index in [1.54, 1.807) is 16.8 Å². The summed E-state index contributed by atoms with van der Waals surface area (Å²) < 4.78 is 22.1. The van der Waals surface area contributed by atoms with Crippen molar-refractivity contribution in [2.45, 2.75) is 19.5 Å². The van der Waals surface area contributed by atoms with E-state index in [1.807, 2.05) is 11.6 Å².